The summed E-state index contributed by atoms with van der Waals surface area (Å²) >= 11 is 3.49. The Hall–Kier alpha value is -1.40. The Morgan fingerprint density at radius 1 is 1.33 bits per heavy atom. The number of hydrogen-bond donors (Lipinski definition) is 1. The summed E-state index contributed by atoms with van der Waals surface area (Å²) < 4.78 is 1.09. The van der Waals surface area contributed by atoms with Crippen molar-refractivity contribution in [3.8, 4) is 0 Å². The number of carboxylic acid groups (broad SMARTS) is 1. The van der Waals surface area contributed by atoms with Gasteiger partial charge >= 0.3 is 5.97 Å². The summed E-state index contributed by atoms with van der Waals surface area (Å²) in [4.78, 5) is 26.7. The van der Waals surface area contributed by atoms with Crippen LogP contribution in [0.3, 0.4) is 0 Å². The Balaban J connectivity index is 1.98. The van der Waals surface area contributed by atoms with Gasteiger partial charge in [-0.15, -0.1) is 0 Å². The van der Waals surface area contributed by atoms with Crippen LogP contribution in [0.2, 0.25) is 0 Å². The van der Waals surface area contributed by atoms with Crippen molar-refractivity contribution < 1.29 is 14.7 Å². The number of aliphatic carboxylic acids is 1. The van der Waals surface area contributed by atoms with E-state index in [4.69, 9.17) is 5.11 Å². The van der Waals surface area contributed by atoms with Crippen molar-refractivity contribution in [1.82, 2.24) is 9.80 Å². The van der Waals surface area contributed by atoms with Crippen LogP contribution in [0, 0.1) is 6.92 Å². The fourth-order valence-electron chi connectivity index (χ4n) is 3.33. The minimum atomic E-state index is -0.947. The molecular weight excluding hydrogens is 372 g/mol. The number of benzene rings is 1. The Labute approximate surface area is 151 Å². The number of amides is 1. The smallest absolute Gasteiger partial charge is 0.323 e. The summed E-state index contributed by atoms with van der Waals surface area (Å²) in [5.74, 6) is -1.10. The average Bonchev–Trinajstić information content (AvgIpc) is 2.73. The number of likely N-dealkylation sites (tertiary alicyclic amines) is 1. The van der Waals surface area contributed by atoms with E-state index in [1.807, 2.05) is 0 Å². The largest absolute Gasteiger partial charge is 0.480 e. The lowest BCUT2D eigenvalue weighted by Gasteiger charge is -2.29. The van der Waals surface area contributed by atoms with Gasteiger partial charge in [-0.25, -0.2) is 0 Å². The molecule has 0 spiro atoms. The molecule has 0 radical (unpaired) electrons. The standard InChI is InChI=1S/C18H25BrN2O3/c1-13-10-16(19)6-5-15(13)11-20-8-3-4-17(7-9-20)21(14(2)22)12-18(23)24/h5-6,10,17H,3-4,7-9,11-12H2,1-2H3,(H,23,24). The van der Waals surface area contributed by atoms with Gasteiger partial charge in [-0.05, 0) is 56.0 Å². The van der Waals surface area contributed by atoms with Crippen LogP contribution in [0.1, 0.15) is 37.3 Å². The molecule has 0 aliphatic carbocycles. The van der Waals surface area contributed by atoms with E-state index in [0.29, 0.717) is 0 Å². The van der Waals surface area contributed by atoms with Crippen molar-refractivity contribution in [2.24, 2.45) is 0 Å². The van der Waals surface area contributed by atoms with Crippen LogP contribution < -0.4 is 0 Å². The van der Waals surface area contributed by atoms with Gasteiger partial charge in [0, 0.05) is 30.5 Å². The average molecular weight is 397 g/mol. The zero-order chi connectivity index (χ0) is 17.7. The van der Waals surface area contributed by atoms with E-state index in [1.165, 1.54) is 23.0 Å². The number of carbonyl (C=O) groups is 2. The zero-order valence-corrected chi connectivity index (χ0v) is 15.9. The lowest BCUT2D eigenvalue weighted by molar-refractivity contribution is -0.145. The number of halogens is 1. The molecule has 1 aromatic carbocycles. The molecule has 1 heterocycles. The summed E-state index contributed by atoms with van der Waals surface area (Å²) in [7, 11) is 0. The Bertz CT molecular complexity index is 606. The Morgan fingerprint density at radius 2 is 2.08 bits per heavy atom. The fourth-order valence-corrected chi connectivity index (χ4v) is 3.80. The first-order chi connectivity index (χ1) is 11.4. The maximum Gasteiger partial charge on any atom is 0.323 e. The number of nitrogens with zero attached hydrogens (tertiary/aromatic N) is 2. The highest BCUT2D eigenvalue weighted by molar-refractivity contribution is 9.10. The first-order valence-corrected chi connectivity index (χ1v) is 9.12. The van der Waals surface area contributed by atoms with Crippen LogP contribution in [0.25, 0.3) is 0 Å². The van der Waals surface area contributed by atoms with Crippen molar-refractivity contribution in [3.05, 3.63) is 33.8 Å². The minimum Gasteiger partial charge on any atom is -0.480 e. The predicted octanol–water partition coefficient (Wildman–Crippen LogP) is 3.05. The van der Waals surface area contributed by atoms with Gasteiger partial charge in [-0.3, -0.25) is 14.5 Å². The summed E-state index contributed by atoms with van der Waals surface area (Å²) in [6.45, 7) is 6.12. The molecule has 1 saturated heterocycles. The van der Waals surface area contributed by atoms with E-state index in [1.54, 1.807) is 0 Å². The van der Waals surface area contributed by atoms with E-state index < -0.39 is 5.97 Å². The third-order valence-electron chi connectivity index (χ3n) is 4.64. The normalized spacial score (nSPS) is 18.9. The van der Waals surface area contributed by atoms with Gasteiger partial charge in [0.15, 0.2) is 0 Å². The van der Waals surface area contributed by atoms with Crippen LogP contribution in [-0.2, 0) is 16.1 Å². The van der Waals surface area contributed by atoms with Crippen LogP contribution in [0.4, 0.5) is 0 Å². The van der Waals surface area contributed by atoms with E-state index in [0.717, 1.165) is 43.4 Å². The molecule has 1 fully saturated rings. The summed E-state index contributed by atoms with van der Waals surface area (Å²) in [5, 5.41) is 9.03. The first kappa shape index (κ1) is 18.9. The molecule has 0 aromatic heterocycles. The number of carboxylic acids is 1. The SMILES string of the molecule is CC(=O)N(CC(=O)O)C1CCCN(Cc2ccc(Br)cc2C)CC1. The molecule has 1 aliphatic heterocycles. The molecule has 1 unspecified atom stereocenters. The lowest BCUT2D eigenvalue weighted by Crippen LogP contribution is -2.42. The van der Waals surface area contributed by atoms with Gasteiger partial charge in [-0.1, -0.05) is 22.0 Å². The van der Waals surface area contributed by atoms with Crippen LogP contribution >= 0.6 is 15.9 Å². The second kappa shape index (κ2) is 8.62. The molecule has 1 aliphatic rings. The van der Waals surface area contributed by atoms with Crippen LogP contribution in [0.5, 0.6) is 0 Å². The van der Waals surface area contributed by atoms with E-state index >= 15 is 0 Å². The number of rotatable bonds is 5. The monoisotopic (exact) mass is 396 g/mol. The van der Waals surface area contributed by atoms with Crippen LogP contribution in [-0.4, -0.2) is 52.5 Å². The van der Waals surface area contributed by atoms with Crippen molar-refractivity contribution in [2.45, 2.75) is 45.7 Å². The van der Waals surface area contributed by atoms with E-state index in [9.17, 15) is 9.59 Å². The molecule has 1 aromatic rings. The molecule has 0 saturated carbocycles. The maximum absolute atomic E-state index is 11.8. The highest BCUT2D eigenvalue weighted by Gasteiger charge is 2.26. The molecule has 0 bridgehead atoms. The molecule has 1 N–H and O–H groups in total. The van der Waals surface area contributed by atoms with Crippen molar-refractivity contribution in [3.63, 3.8) is 0 Å². The highest BCUT2D eigenvalue weighted by atomic mass is 79.9. The summed E-state index contributed by atoms with van der Waals surface area (Å²) in [6.07, 6.45) is 2.66. The van der Waals surface area contributed by atoms with Crippen molar-refractivity contribution in [1.29, 1.82) is 0 Å². The van der Waals surface area contributed by atoms with Gasteiger partial charge in [0.25, 0.3) is 0 Å². The number of hydrogen-bond acceptors (Lipinski definition) is 3. The molecule has 1 amide bonds. The second-order valence-corrected chi connectivity index (χ2v) is 7.39. The summed E-state index contributed by atoms with van der Waals surface area (Å²) in [6, 6.07) is 6.36. The maximum atomic E-state index is 11.8. The molecule has 24 heavy (non-hydrogen) atoms. The third kappa shape index (κ3) is 5.31. The van der Waals surface area contributed by atoms with Gasteiger partial charge in [0.05, 0.1) is 0 Å². The number of carbonyl (C=O) groups excluding carboxylic acids is 1. The first-order valence-electron chi connectivity index (χ1n) is 8.33. The van der Waals surface area contributed by atoms with Gasteiger partial charge < -0.3 is 10.0 Å². The summed E-state index contributed by atoms with van der Waals surface area (Å²) in [5.41, 5.74) is 2.58. The van der Waals surface area contributed by atoms with Gasteiger partial charge in [0.2, 0.25) is 5.91 Å². The van der Waals surface area contributed by atoms with Crippen molar-refractivity contribution >= 4 is 27.8 Å². The number of aryl methyl sites for hydroxylation is 1. The molecule has 2 rings (SSSR count). The molecule has 6 heteroatoms. The second-order valence-electron chi connectivity index (χ2n) is 6.47. The topological polar surface area (TPSA) is 60.9 Å². The minimum absolute atomic E-state index is 0.0228. The zero-order valence-electron chi connectivity index (χ0n) is 14.3. The molecule has 132 valence electrons. The quantitative estimate of drug-likeness (QED) is 0.830. The van der Waals surface area contributed by atoms with E-state index in [2.05, 4.69) is 46.0 Å². The molecule has 5 nitrogen and oxygen atoms in total. The third-order valence-corrected chi connectivity index (χ3v) is 5.13. The predicted molar refractivity (Wildman–Crippen MR) is 96.8 cm³/mol. The van der Waals surface area contributed by atoms with Crippen molar-refractivity contribution in [2.75, 3.05) is 19.6 Å². The Kier molecular flexibility index (Phi) is 6.80. The highest BCUT2D eigenvalue weighted by Crippen LogP contribution is 2.21. The van der Waals surface area contributed by atoms with Gasteiger partial charge in [-0.2, -0.15) is 0 Å². The Morgan fingerprint density at radius 3 is 2.71 bits per heavy atom. The van der Waals surface area contributed by atoms with E-state index in [-0.39, 0.29) is 18.5 Å². The molecule has 1 atom stereocenters. The fraction of sp³-hybridized carbons (Fsp3) is 0.556. The van der Waals surface area contributed by atoms with Gasteiger partial charge in [0.1, 0.15) is 6.54 Å². The lowest BCUT2D eigenvalue weighted by atomic mass is 10.1. The van der Waals surface area contributed by atoms with Crippen LogP contribution in [0.15, 0.2) is 22.7 Å². The molecular formula is C18H25BrN2O3.